The fraction of sp³-hybridized carbons (Fsp3) is 0.889. The average Bonchev–Trinajstić information content (AvgIpc) is 2.40. The molecule has 1 aliphatic heterocycles. The summed E-state index contributed by atoms with van der Waals surface area (Å²) in [6.45, 7) is 5.30. The van der Waals surface area contributed by atoms with E-state index in [-0.39, 0.29) is 6.10 Å². The van der Waals surface area contributed by atoms with Gasteiger partial charge in [0.2, 0.25) is 0 Å². The summed E-state index contributed by atoms with van der Waals surface area (Å²) in [5.74, 6) is -0.438. The molecule has 76 valence electrons. The minimum Gasteiger partial charge on any atom is -0.347 e. The predicted octanol–water partition coefficient (Wildman–Crippen LogP) is 1.99. The molecule has 0 radical (unpaired) electrons. The molecule has 1 aliphatic rings. The molecule has 13 heavy (non-hydrogen) atoms. The number of hydrogen-bond donors (Lipinski definition) is 0. The highest BCUT2D eigenvalue weighted by atomic mass is 79.9. The summed E-state index contributed by atoms with van der Waals surface area (Å²) in [5.41, 5.74) is 0. The van der Waals surface area contributed by atoms with Crippen molar-refractivity contribution in [3.8, 4) is 0 Å². The monoisotopic (exact) mass is 249 g/mol. The zero-order valence-corrected chi connectivity index (χ0v) is 9.71. The standard InChI is InChI=1S/C9H16BrNO2/c1-9(2)12-7-8(13-9)6-11-5-3-4-10/h6,8H,3-5,7H2,1-2H3/t8-/m0/s1. The molecule has 0 N–H and O–H groups in total. The van der Waals surface area contributed by atoms with Gasteiger partial charge in [0.15, 0.2) is 5.79 Å². The maximum atomic E-state index is 5.55. The third-order valence-corrected chi connectivity index (χ3v) is 2.28. The number of ether oxygens (including phenoxy) is 2. The van der Waals surface area contributed by atoms with Gasteiger partial charge in [0.25, 0.3) is 0 Å². The first-order valence-electron chi connectivity index (χ1n) is 4.52. The first-order valence-corrected chi connectivity index (χ1v) is 5.64. The zero-order chi connectivity index (χ0) is 9.73. The Morgan fingerprint density at radius 3 is 2.92 bits per heavy atom. The van der Waals surface area contributed by atoms with Gasteiger partial charge in [-0.25, -0.2) is 0 Å². The third-order valence-electron chi connectivity index (χ3n) is 1.72. The van der Waals surface area contributed by atoms with Gasteiger partial charge in [-0.15, -0.1) is 0 Å². The van der Waals surface area contributed by atoms with Crippen molar-refractivity contribution in [1.29, 1.82) is 0 Å². The second-order valence-electron chi connectivity index (χ2n) is 3.46. The molecule has 0 spiro atoms. The van der Waals surface area contributed by atoms with Crippen molar-refractivity contribution in [3.63, 3.8) is 0 Å². The Hall–Kier alpha value is 0.0700. The molecule has 1 rings (SSSR count). The van der Waals surface area contributed by atoms with Crippen LogP contribution in [0, 0.1) is 0 Å². The van der Waals surface area contributed by atoms with Crippen LogP contribution in [0.25, 0.3) is 0 Å². The van der Waals surface area contributed by atoms with Crippen molar-refractivity contribution in [2.75, 3.05) is 18.5 Å². The normalized spacial score (nSPS) is 27.2. The summed E-state index contributed by atoms with van der Waals surface area (Å²) in [6.07, 6.45) is 2.94. The van der Waals surface area contributed by atoms with Gasteiger partial charge in [0, 0.05) is 18.1 Å². The maximum absolute atomic E-state index is 5.55. The Labute approximate surface area is 87.6 Å². The van der Waals surface area contributed by atoms with Crippen molar-refractivity contribution in [2.24, 2.45) is 4.99 Å². The van der Waals surface area contributed by atoms with E-state index in [1.54, 1.807) is 0 Å². The second kappa shape index (κ2) is 5.08. The minimum absolute atomic E-state index is 0.0327. The van der Waals surface area contributed by atoms with E-state index >= 15 is 0 Å². The van der Waals surface area contributed by atoms with Gasteiger partial charge in [-0.2, -0.15) is 0 Å². The van der Waals surface area contributed by atoms with Crippen LogP contribution in [0.2, 0.25) is 0 Å². The van der Waals surface area contributed by atoms with E-state index in [1.807, 2.05) is 20.1 Å². The van der Waals surface area contributed by atoms with Crippen molar-refractivity contribution >= 4 is 22.1 Å². The molecule has 0 amide bonds. The van der Waals surface area contributed by atoms with Gasteiger partial charge >= 0.3 is 0 Å². The highest BCUT2D eigenvalue weighted by Gasteiger charge is 2.31. The van der Waals surface area contributed by atoms with Crippen molar-refractivity contribution in [3.05, 3.63) is 0 Å². The minimum atomic E-state index is -0.438. The quantitative estimate of drug-likeness (QED) is 0.434. The molecule has 4 heteroatoms. The topological polar surface area (TPSA) is 30.8 Å². The van der Waals surface area contributed by atoms with Gasteiger partial charge in [-0.1, -0.05) is 15.9 Å². The molecule has 0 bridgehead atoms. The number of halogens is 1. The highest BCUT2D eigenvalue weighted by Crippen LogP contribution is 2.20. The van der Waals surface area contributed by atoms with Crippen LogP contribution in [0.3, 0.4) is 0 Å². The Balaban J connectivity index is 2.20. The lowest BCUT2D eigenvalue weighted by Gasteiger charge is -2.15. The number of aliphatic imine (C=N–C) groups is 1. The third kappa shape index (κ3) is 4.20. The van der Waals surface area contributed by atoms with E-state index in [0.717, 1.165) is 18.3 Å². The van der Waals surface area contributed by atoms with E-state index < -0.39 is 5.79 Å². The number of nitrogens with zero attached hydrogens (tertiary/aromatic N) is 1. The van der Waals surface area contributed by atoms with Gasteiger partial charge in [0.1, 0.15) is 6.10 Å². The molecule has 0 aromatic heterocycles. The van der Waals surface area contributed by atoms with Crippen LogP contribution in [-0.2, 0) is 9.47 Å². The van der Waals surface area contributed by atoms with Crippen LogP contribution in [0.5, 0.6) is 0 Å². The molecule has 1 fully saturated rings. The average molecular weight is 250 g/mol. The molecule has 3 nitrogen and oxygen atoms in total. The van der Waals surface area contributed by atoms with Crippen molar-refractivity contribution < 1.29 is 9.47 Å². The first kappa shape index (κ1) is 11.1. The molecule has 0 aromatic carbocycles. The van der Waals surface area contributed by atoms with Crippen LogP contribution < -0.4 is 0 Å². The van der Waals surface area contributed by atoms with Crippen LogP contribution in [0.15, 0.2) is 4.99 Å². The molecule has 1 atom stereocenters. The molecular formula is C9H16BrNO2. The van der Waals surface area contributed by atoms with E-state index in [9.17, 15) is 0 Å². The van der Waals surface area contributed by atoms with E-state index in [2.05, 4.69) is 20.9 Å². The summed E-state index contributed by atoms with van der Waals surface area (Å²) in [6, 6.07) is 0. The number of rotatable bonds is 4. The lowest BCUT2D eigenvalue weighted by atomic mass is 10.4. The molecule has 1 heterocycles. The van der Waals surface area contributed by atoms with Crippen molar-refractivity contribution in [2.45, 2.75) is 32.2 Å². The molecule has 1 saturated heterocycles. The van der Waals surface area contributed by atoms with Crippen LogP contribution in [0.4, 0.5) is 0 Å². The summed E-state index contributed by atoms with van der Waals surface area (Å²) in [4.78, 5) is 4.25. The maximum Gasteiger partial charge on any atom is 0.163 e. The molecule has 0 aromatic rings. The van der Waals surface area contributed by atoms with Gasteiger partial charge < -0.3 is 9.47 Å². The molecular weight excluding hydrogens is 234 g/mol. The summed E-state index contributed by atoms with van der Waals surface area (Å²) in [7, 11) is 0. The van der Waals surface area contributed by atoms with E-state index in [0.29, 0.717) is 6.61 Å². The lowest BCUT2D eigenvalue weighted by Crippen LogP contribution is -2.22. The molecule has 0 aliphatic carbocycles. The van der Waals surface area contributed by atoms with Gasteiger partial charge in [0.05, 0.1) is 6.61 Å². The Morgan fingerprint density at radius 1 is 1.62 bits per heavy atom. The number of alkyl halides is 1. The lowest BCUT2D eigenvalue weighted by molar-refractivity contribution is -0.130. The summed E-state index contributed by atoms with van der Waals surface area (Å²) >= 11 is 3.35. The smallest absolute Gasteiger partial charge is 0.163 e. The van der Waals surface area contributed by atoms with Crippen LogP contribution in [0.1, 0.15) is 20.3 Å². The van der Waals surface area contributed by atoms with Gasteiger partial charge in [-0.05, 0) is 20.3 Å². The fourth-order valence-corrected chi connectivity index (χ4v) is 1.38. The SMILES string of the molecule is CC1(C)OC[C@H](C=NCCCBr)O1. The van der Waals surface area contributed by atoms with Gasteiger partial charge in [-0.3, -0.25) is 4.99 Å². The summed E-state index contributed by atoms with van der Waals surface area (Å²) in [5, 5.41) is 0.998. The van der Waals surface area contributed by atoms with E-state index in [4.69, 9.17) is 9.47 Å². The Bertz CT molecular complexity index is 182. The number of hydrogen-bond acceptors (Lipinski definition) is 3. The first-order chi connectivity index (χ1) is 6.14. The van der Waals surface area contributed by atoms with Crippen molar-refractivity contribution in [1.82, 2.24) is 0 Å². The highest BCUT2D eigenvalue weighted by molar-refractivity contribution is 9.09. The summed E-state index contributed by atoms with van der Waals surface area (Å²) < 4.78 is 10.9. The fourth-order valence-electron chi connectivity index (χ4n) is 1.13. The van der Waals surface area contributed by atoms with Crippen LogP contribution >= 0.6 is 15.9 Å². The molecule has 0 unspecified atom stereocenters. The zero-order valence-electron chi connectivity index (χ0n) is 8.12. The Morgan fingerprint density at radius 2 is 2.38 bits per heavy atom. The second-order valence-corrected chi connectivity index (χ2v) is 4.26. The predicted molar refractivity (Wildman–Crippen MR) is 56.7 cm³/mol. The largest absolute Gasteiger partial charge is 0.347 e. The Kier molecular flexibility index (Phi) is 4.35. The molecule has 0 saturated carbocycles. The van der Waals surface area contributed by atoms with Crippen LogP contribution in [-0.4, -0.2) is 36.6 Å². The van der Waals surface area contributed by atoms with E-state index in [1.165, 1.54) is 0 Å².